The molecule has 2 aromatic carbocycles. The molecule has 0 saturated carbocycles. The average molecular weight is 597 g/mol. The van der Waals surface area contributed by atoms with Crippen LogP contribution in [0.1, 0.15) is 74.6 Å². The van der Waals surface area contributed by atoms with E-state index in [1.165, 1.54) is 18.2 Å². The number of hydrogen-bond donors (Lipinski definition) is 3. The van der Waals surface area contributed by atoms with Crippen molar-refractivity contribution >= 4 is 28.0 Å². The van der Waals surface area contributed by atoms with Crippen molar-refractivity contribution in [3.8, 4) is 11.3 Å². The number of carboxylic acids is 1. The molecule has 0 spiro atoms. The average Bonchev–Trinajstić information content (AvgIpc) is 2.85. The number of amides is 1. The number of hydrogen-bond acceptors (Lipinski definition) is 7. The van der Waals surface area contributed by atoms with E-state index in [4.69, 9.17) is 4.74 Å². The Kier molecular flexibility index (Phi) is 10.3. The first-order chi connectivity index (χ1) is 19.5. The molecule has 42 heavy (non-hydrogen) atoms. The molecule has 0 aliphatic heterocycles. The highest BCUT2D eigenvalue weighted by Gasteiger charge is 2.22. The normalized spacial score (nSPS) is 12.6. The van der Waals surface area contributed by atoms with E-state index in [1.807, 2.05) is 38.1 Å². The molecule has 3 rings (SSSR count). The molecule has 11 heteroatoms. The maximum atomic E-state index is 13.2. The van der Waals surface area contributed by atoms with Gasteiger partial charge in [-0.05, 0) is 95.2 Å². The van der Waals surface area contributed by atoms with Crippen LogP contribution in [-0.4, -0.2) is 47.2 Å². The van der Waals surface area contributed by atoms with Crippen LogP contribution >= 0.6 is 0 Å². The Morgan fingerprint density at radius 1 is 1.00 bits per heavy atom. The van der Waals surface area contributed by atoms with Crippen LogP contribution in [0.2, 0.25) is 0 Å². The van der Waals surface area contributed by atoms with Gasteiger partial charge in [-0.2, -0.15) is 0 Å². The number of alkyl carbamates (subject to hydrolysis) is 1. The summed E-state index contributed by atoms with van der Waals surface area (Å²) >= 11 is 0. The number of carboxylic acid groups (broad SMARTS) is 1. The summed E-state index contributed by atoms with van der Waals surface area (Å²) in [6.45, 7) is 13.5. The van der Waals surface area contributed by atoms with Gasteiger partial charge >= 0.3 is 12.1 Å². The molecular formula is C31H40N4O6S. The van der Waals surface area contributed by atoms with Crippen LogP contribution in [0.4, 0.5) is 10.7 Å². The quantitative estimate of drug-likeness (QED) is 0.239. The lowest BCUT2D eigenvalue weighted by atomic mass is 9.97. The van der Waals surface area contributed by atoms with Crippen molar-refractivity contribution in [1.82, 2.24) is 15.3 Å². The Morgan fingerprint density at radius 2 is 1.64 bits per heavy atom. The number of rotatable bonds is 11. The number of sulfonamides is 1. The van der Waals surface area contributed by atoms with E-state index in [1.54, 1.807) is 20.8 Å². The van der Waals surface area contributed by atoms with Crippen LogP contribution in [0, 0.1) is 19.8 Å². The van der Waals surface area contributed by atoms with Gasteiger partial charge in [0.05, 0.1) is 16.2 Å². The van der Waals surface area contributed by atoms with Crippen LogP contribution in [0.5, 0.6) is 0 Å². The molecular weight excluding hydrogens is 556 g/mol. The lowest BCUT2D eigenvalue weighted by Gasteiger charge is -2.24. The third-order valence-electron chi connectivity index (χ3n) is 6.36. The summed E-state index contributed by atoms with van der Waals surface area (Å²) in [6, 6.07) is 12.6. The summed E-state index contributed by atoms with van der Waals surface area (Å²) in [6.07, 6.45) is 1.18. The molecule has 226 valence electrons. The van der Waals surface area contributed by atoms with Gasteiger partial charge in [-0.1, -0.05) is 38.1 Å². The van der Waals surface area contributed by atoms with Crippen LogP contribution in [-0.2, 0) is 21.2 Å². The lowest BCUT2D eigenvalue weighted by molar-refractivity contribution is 0.0495. The van der Waals surface area contributed by atoms with Gasteiger partial charge in [0.1, 0.15) is 5.60 Å². The third kappa shape index (κ3) is 9.27. The van der Waals surface area contributed by atoms with Crippen molar-refractivity contribution in [1.29, 1.82) is 0 Å². The SMILES string of the molecule is Cc1cccc(C)c1-c1cc(CCC(CC(C)C)NC(=O)OC(C)(C)C)nc(NS(=O)(=O)c2cccc(C(=O)O)c2)n1. The molecule has 0 bridgehead atoms. The summed E-state index contributed by atoms with van der Waals surface area (Å²) in [4.78, 5) is 32.8. The number of ether oxygens (including phenoxy) is 1. The molecule has 1 unspecified atom stereocenters. The van der Waals surface area contributed by atoms with E-state index in [2.05, 4.69) is 33.9 Å². The maximum absolute atomic E-state index is 13.2. The van der Waals surface area contributed by atoms with Crippen LogP contribution in [0.15, 0.2) is 53.4 Å². The number of carbonyl (C=O) groups excluding carboxylic acids is 1. The highest BCUT2D eigenvalue weighted by molar-refractivity contribution is 7.92. The first kappa shape index (κ1) is 32.5. The molecule has 0 saturated heterocycles. The van der Waals surface area contributed by atoms with Gasteiger partial charge < -0.3 is 15.2 Å². The molecule has 0 aliphatic rings. The maximum Gasteiger partial charge on any atom is 0.407 e. The number of nitrogens with one attached hydrogen (secondary N) is 2. The molecule has 10 nitrogen and oxygen atoms in total. The number of benzene rings is 2. The summed E-state index contributed by atoms with van der Waals surface area (Å²) in [5.74, 6) is -1.06. The number of carbonyl (C=O) groups is 2. The molecule has 0 aliphatic carbocycles. The van der Waals surface area contributed by atoms with E-state index in [-0.39, 0.29) is 22.4 Å². The van der Waals surface area contributed by atoms with Crippen molar-refractivity contribution in [3.05, 3.63) is 70.9 Å². The molecule has 3 N–H and O–H groups in total. The Bertz CT molecular complexity index is 1530. The van der Waals surface area contributed by atoms with Crippen molar-refractivity contribution in [3.63, 3.8) is 0 Å². The van der Waals surface area contributed by atoms with E-state index in [0.717, 1.165) is 22.8 Å². The van der Waals surface area contributed by atoms with Gasteiger partial charge in [-0.15, -0.1) is 0 Å². The van der Waals surface area contributed by atoms with Crippen molar-refractivity contribution < 1.29 is 27.9 Å². The Labute approximate surface area is 248 Å². The number of aromatic nitrogens is 2. The third-order valence-corrected chi connectivity index (χ3v) is 7.68. The van der Waals surface area contributed by atoms with Crippen molar-refractivity contribution in [2.75, 3.05) is 4.72 Å². The smallest absolute Gasteiger partial charge is 0.407 e. The minimum absolute atomic E-state index is 0.133. The summed E-state index contributed by atoms with van der Waals surface area (Å²) in [5, 5.41) is 12.3. The largest absolute Gasteiger partial charge is 0.478 e. The molecule has 1 atom stereocenters. The standard InChI is InChI=1S/C31H40N4O6S/c1-19(2)16-23(33-30(38)41-31(5,6)7)14-15-24-18-26(27-20(3)10-8-11-21(27)4)34-29(32-24)35-42(39,40)25-13-9-12-22(17-25)28(36)37/h8-13,17-19,23H,14-16H2,1-7H3,(H,33,38)(H,36,37)(H,32,34,35). The molecule has 1 heterocycles. The van der Waals surface area contributed by atoms with Crippen LogP contribution in [0.3, 0.4) is 0 Å². The first-order valence-corrected chi connectivity index (χ1v) is 15.3. The van der Waals surface area contributed by atoms with Crippen LogP contribution < -0.4 is 10.0 Å². The number of nitrogens with zero attached hydrogens (tertiary/aromatic N) is 2. The monoisotopic (exact) mass is 596 g/mol. The molecule has 0 radical (unpaired) electrons. The summed E-state index contributed by atoms with van der Waals surface area (Å²) in [5.41, 5.74) is 3.14. The van der Waals surface area contributed by atoms with E-state index in [9.17, 15) is 23.1 Å². The van der Waals surface area contributed by atoms with Gasteiger partial charge in [-0.3, -0.25) is 0 Å². The summed E-state index contributed by atoms with van der Waals surface area (Å²) < 4.78 is 34.4. The highest BCUT2D eigenvalue weighted by Crippen LogP contribution is 2.28. The van der Waals surface area contributed by atoms with Crippen molar-refractivity contribution in [2.24, 2.45) is 5.92 Å². The molecule has 0 fully saturated rings. The van der Waals surface area contributed by atoms with E-state index in [0.29, 0.717) is 36.6 Å². The van der Waals surface area contributed by atoms with Gasteiger partial charge in [-0.25, -0.2) is 32.7 Å². The van der Waals surface area contributed by atoms with Crippen molar-refractivity contribution in [2.45, 2.75) is 84.3 Å². The first-order valence-electron chi connectivity index (χ1n) is 13.8. The second kappa shape index (κ2) is 13.3. The Balaban J connectivity index is 1.98. The van der Waals surface area contributed by atoms with Crippen LogP contribution in [0.25, 0.3) is 11.3 Å². The second-order valence-electron chi connectivity index (χ2n) is 11.8. The minimum Gasteiger partial charge on any atom is -0.478 e. The minimum atomic E-state index is -4.20. The zero-order valence-electron chi connectivity index (χ0n) is 25.2. The molecule has 1 amide bonds. The Morgan fingerprint density at radius 3 is 2.24 bits per heavy atom. The number of aromatic carboxylic acids is 1. The summed E-state index contributed by atoms with van der Waals surface area (Å²) in [7, 11) is -4.20. The van der Waals surface area contributed by atoms with Gasteiger partial charge in [0.15, 0.2) is 0 Å². The fraction of sp³-hybridized carbons (Fsp3) is 0.419. The zero-order valence-corrected chi connectivity index (χ0v) is 26.0. The topological polar surface area (TPSA) is 148 Å². The van der Waals surface area contributed by atoms with E-state index < -0.39 is 27.7 Å². The highest BCUT2D eigenvalue weighted by atomic mass is 32.2. The van der Waals surface area contributed by atoms with Gasteiger partial charge in [0.2, 0.25) is 5.95 Å². The predicted octanol–water partition coefficient (Wildman–Crippen LogP) is 6.13. The van der Waals surface area contributed by atoms with Gasteiger partial charge in [0, 0.05) is 17.3 Å². The van der Waals surface area contributed by atoms with E-state index >= 15 is 0 Å². The lowest BCUT2D eigenvalue weighted by Crippen LogP contribution is -2.40. The second-order valence-corrected chi connectivity index (χ2v) is 13.5. The fourth-order valence-corrected chi connectivity index (χ4v) is 5.60. The number of aryl methyl sites for hydroxylation is 3. The molecule has 1 aromatic heterocycles. The fourth-order valence-electron chi connectivity index (χ4n) is 4.61. The predicted molar refractivity (Wildman–Crippen MR) is 162 cm³/mol. The number of anilines is 1. The zero-order chi connectivity index (χ0) is 31.2. The molecule has 3 aromatic rings. The Hall–Kier alpha value is -3.99. The van der Waals surface area contributed by atoms with Gasteiger partial charge in [0.25, 0.3) is 10.0 Å².